The number of hydrogen-bond acceptors (Lipinski definition) is 5. The molecule has 0 saturated carbocycles. The van der Waals surface area contributed by atoms with Gasteiger partial charge in [0.25, 0.3) is 11.7 Å². The van der Waals surface area contributed by atoms with Crippen LogP contribution >= 0.6 is 11.3 Å². The molecule has 1 aliphatic heterocycles. The van der Waals surface area contributed by atoms with Crippen LogP contribution in [0.15, 0.2) is 65.7 Å². The van der Waals surface area contributed by atoms with Crippen LogP contribution in [0.2, 0.25) is 0 Å². The maximum Gasteiger partial charge on any atom is 0.295 e. The van der Waals surface area contributed by atoms with Crippen LogP contribution in [-0.2, 0) is 21.4 Å². The summed E-state index contributed by atoms with van der Waals surface area (Å²) in [5.74, 6) is -1.04. The molecule has 2 aromatic carbocycles. The Kier molecular flexibility index (Phi) is 6.65. The fourth-order valence-corrected chi connectivity index (χ4v) is 6.18. The first-order valence-electron chi connectivity index (χ1n) is 12.7. The molecule has 2 aromatic heterocycles. The van der Waals surface area contributed by atoms with Gasteiger partial charge in [0.2, 0.25) is 0 Å². The van der Waals surface area contributed by atoms with E-state index >= 15 is 0 Å². The normalized spacial score (nSPS) is 17.5. The minimum Gasteiger partial charge on any atom is -0.507 e. The van der Waals surface area contributed by atoms with Gasteiger partial charge in [0.15, 0.2) is 0 Å². The van der Waals surface area contributed by atoms with Gasteiger partial charge in [-0.25, -0.2) is 0 Å². The van der Waals surface area contributed by atoms with Gasteiger partial charge >= 0.3 is 0 Å². The number of aryl methyl sites for hydroxylation is 1. The van der Waals surface area contributed by atoms with Gasteiger partial charge in [-0.15, -0.1) is 11.3 Å². The number of likely N-dealkylation sites (tertiary alicyclic amines) is 1. The maximum atomic E-state index is 13.6. The number of para-hydroxylation sites is 1. The summed E-state index contributed by atoms with van der Waals surface area (Å²) in [5.41, 5.74) is 4.39. The molecule has 0 aliphatic carbocycles. The number of hydrogen-bond donors (Lipinski definition) is 2. The molecule has 5 rings (SSSR count). The Morgan fingerprint density at radius 1 is 1.13 bits per heavy atom. The van der Waals surface area contributed by atoms with Gasteiger partial charge in [0.1, 0.15) is 11.5 Å². The molecule has 6 nitrogen and oxygen atoms in total. The summed E-state index contributed by atoms with van der Waals surface area (Å²) in [6, 6.07) is 14.9. The topological polar surface area (TPSA) is 82.6 Å². The van der Waals surface area contributed by atoms with Crippen molar-refractivity contribution >= 4 is 39.7 Å². The highest BCUT2D eigenvalue weighted by atomic mass is 32.1. The van der Waals surface area contributed by atoms with Crippen LogP contribution in [0.3, 0.4) is 0 Å². The van der Waals surface area contributed by atoms with E-state index in [0.29, 0.717) is 24.3 Å². The van der Waals surface area contributed by atoms with Gasteiger partial charge in [0.05, 0.1) is 24.3 Å². The highest BCUT2D eigenvalue weighted by molar-refractivity contribution is 7.10. The molecule has 0 bridgehead atoms. The van der Waals surface area contributed by atoms with E-state index in [9.17, 15) is 14.7 Å². The van der Waals surface area contributed by atoms with E-state index in [2.05, 4.69) is 25.8 Å². The highest BCUT2D eigenvalue weighted by Crippen LogP contribution is 2.44. The van der Waals surface area contributed by atoms with Crippen molar-refractivity contribution in [3.8, 4) is 5.75 Å². The molecule has 1 unspecified atom stereocenters. The van der Waals surface area contributed by atoms with Crippen molar-refractivity contribution in [3.05, 3.63) is 92.8 Å². The van der Waals surface area contributed by atoms with E-state index in [-0.39, 0.29) is 16.7 Å². The number of nitrogens with zero attached hydrogens (tertiary/aromatic N) is 1. The zero-order valence-corrected chi connectivity index (χ0v) is 23.1. The molecule has 2 N–H and O–H groups in total. The van der Waals surface area contributed by atoms with Gasteiger partial charge in [-0.2, -0.15) is 0 Å². The van der Waals surface area contributed by atoms with Gasteiger partial charge in [-0.1, -0.05) is 45.0 Å². The molecule has 1 atom stereocenters. The summed E-state index contributed by atoms with van der Waals surface area (Å²) < 4.78 is 5.56. The van der Waals surface area contributed by atoms with Crippen molar-refractivity contribution in [2.45, 2.75) is 45.6 Å². The molecule has 0 radical (unpaired) electrons. The summed E-state index contributed by atoms with van der Waals surface area (Å²) in [4.78, 5) is 32.8. The number of methoxy groups -OCH3 is 1. The summed E-state index contributed by atoms with van der Waals surface area (Å²) in [6.07, 6.45) is 2.52. The van der Waals surface area contributed by atoms with Crippen molar-refractivity contribution in [2.24, 2.45) is 0 Å². The Hall–Kier alpha value is -3.84. The Bertz CT molecular complexity index is 1570. The predicted molar refractivity (Wildman–Crippen MR) is 152 cm³/mol. The van der Waals surface area contributed by atoms with Crippen molar-refractivity contribution in [3.63, 3.8) is 0 Å². The average molecular weight is 529 g/mol. The average Bonchev–Trinajstić information content (AvgIpc) is 3.57. The molecule has 38 heavy (non-hydrogen) atoms. The number of carbonyl (C=O) groups is 2. The van der Waals surface area contributed by atoms with E-state index in [4.69, 9.17) is 4.74 Å². The van der Waals surface area contributed by atoms with Crippen LogP contribution in [-0.4, -0.2) is 40.3 Å². The molecule has 1 fully saturated rings. The molecular formula is C31H32N2O4S. The Balaban J connectivity index is 1.61. The number of rotatable bonds is 6. The lowest BCUT2D eigenvalue weighted by Crippen LogP contribution is -2.31. The Labute approximate surface area is 226 Å². The zero-order valence-electron chi connectivity index (χ0n) is 22.3. The second-order valence-corrected chi connectivity index (χ2v) is 11.7. The fraction of sp³-hybridized carbons (Fsp3) is 0.290. The van der Waals surface area contributed by atoms with Crippen molar-refractivity contribution in [1.82, 2.24) is 9.88 Å². The number of amides is 1. The largest absolute Gasteiger partial charge is 0.507 e. The first kappa shape index (κ1) is 25.8. The van der Waals surface area contributed by atoms with E-state index in [1.54, 1.807) is 11.0 Å². The molecule has 196 valence electrons. The SMILES string of the molecule is COc1ccc(C(C)(C)C)cc1/C(O)=C1\C(=O)C(=O)N(CCc2c[nH]c3ccccc23)C1c1sccc1C. The van der Waals surface area contributed by atoms with Crippen LogP contribution in [0.4, 0.5) is 0 Å². The number of aliphatic hydroxyl groups is 1. The quantitative estimate of drug-likeness (QED) is 0.170. The number of aromatic amines is 1. The highest BCUT2D eigenvalue weighted by Gasteiger charge is 2.47. The summed E-state index contributed by atoms with van der Waals surface area (Å²) in [6.45, 7) is 8.54. The first-order valence-corrected chi connectivity index (χ1v) is 13.6. The third-order valence-corrected chi connectivity index (χ3v) is 8.38. The fourth-order valence-electron chi connectivity index (χ4n) is 5.13. The third-order valence-electron chi connectivity index (χ3n) is 7.31. The van der Waals surface area contributed by atoms with E-state index in [1.807, 2.05) is 61.0 Å². The minimum absolute atomic E-state index is 0.101. The third kappa shape index (κ3) is 4.41. The molecule has 1 amide bonds. The van der Waals surface area contributed by atoms with E-state index in [0.717, 1.165) is 32.5 Å². The van der Waals surface area contributed by atoms with E-state index in [1.165, 1.54) is 18.4 Å². The number of nitrogens with one attached hydrogen (secondary N) is 1. The molecule has 4 aromatic rings. The lowest BCUT2D eigenvalue weighted by Gasteiger charge is -2.25. The van der Waals surface area contributed by atoms with Gasteiger partial charge in [-0.05, 0) is 65.1 Å². The number of ether oxygens (including phenoxy) is 1. The minimum atomic E-state index is -0.678. The molecule has 1 saturated heterocycles. The predicted octanol–water partition coefficient (Wildman–Crippen LogP) is 6.51. The van der Waals surface area contributed by atoms with Gasteiger partial charge in [-0.3, -0.25) is 9.59 Å². The number of aromatic nitrogens is 1. The van der Waals surface area contributed by atoms with Crippen molar-refractivity contribution in [2.75, 3.05) is 13.7 Å². The zero-order chi connectivity index (χ0) is 27.2. The summed E-state index contributed by atoms with van der Waals surface area (Å²) in [5, 5.41) is 14.7. The summed E-state index contributed by atoms with van der Waals surface area (Å²) in [7, 11) is 1.53. The van der Waals surface area contributed by atoms with Crippen molar-refractivity contribution in [1.29, 1.82) is 0 Å². The second-order valence-electron chi connectivity index (χ2n) is 10.7. The van der Waals surface area contributed by atoms with Crippen LogP contribution in [0.25, 0.3) is 16.7 Å². The number of H-pyrrole nitrogens is 1. The molecular weight excluding hydrogens is 496 g/mol. The number of fused-ring (bicyclic) bond motifs is 1. The number of ketones is 1. The lowest BCUT2D eigenvalue weighted by molar-refractivity contribution is -0.139. The summed E-state index contributed by atoms with van der Waals surface area (Å²) >= 11 is 1.49. The smallest absolute Gasteiger partial charge is 0.295 e. The molecule has 7 heteroatoms. The number of benzene rings is 2. The monoisotopic (exact) mass is 528 g/mol. The van der Waals surface area contributed by atoms with E-state index < -0.39 is 17.7 Å². The van der Waals surface area contributed by atoms with Crippen LogP contribution < -0.4 is 4.74 Å². The van der Waals surface area contributed by atoms with Gasteiger partial charge in [0, 0.05) is 28.5 Å². The molecule has 0 spiro atoms. The number of aliphatic hydroxyl groups excluding tert-OH is 1. The Morgan fingerprint density at radius 2 is 1.89 bits per heavy atom. The van der Waals surface area contributed by atoms with Crippen molar-refractivity contribution < 1.29 is 19.4 Å². The molecule has 1 aliphatic rings. The number of Topliss-reactive ketones (excluding diaryl/α,β-unsaturated/α-hetero) is 1. The second kappa shape index (κ2) is 9.80. The number of thiophene rings is 1. The Morgan fingerprint density at radius 3 is 2.58 bits per heavy atom. The number of carbonyl (C=O) groups excluding carboxylic acids is 2. The lowest BCUT2D eigenvalue weighted by atomic mass is 9.85. The van der Waals surface area contributed by atoms with Crippen LogP contribution in [0.5, 0.6) is 5.75 Å². The molecule has 3 heterocycles. The van der Waals surface area contributed by atoms with Crippen LogP contribution in [0, 0.1) is 6.92 Å². The standard InChI is InChI=1S/C31H32N2O4S/c1-18-13-15-38-29(18)26-25(27(34)22-16-20(31(2,3)4)10-11-24(22)37-5)28(35)30(36)33(26)14-12-19-17-32-23-9-7-6-8-21(19)23/h6-11,13,15-17,26,32,34H,12,14H2,1-5H3/b27-25+. The first-order chi connectivity index (χ1) is 18.1. The maximum absolute atomic E-state index is 13.6. The van der Waals surface area contributed by atoms with Gasteiger partial charge < -0.3 is 19.7 Å². The van der Waals surface area contributed by atoms with Crippen LogP contribution in [0.1, 0.15) is 53.9 Å².